The highest BCUT2D eigenvalue weighted by Gasteiger charge is 2.19. The van der Waals surface area contributed by atoms with Crippen molar-refractivity contribution in [2.75, 3.05) is 19.6 Å². The van der Waals surface area contributed by atoms with E-state index in [-0.39, 0.29) is 6.54 Å². The van der Waals surface area contributed by atoms with Crippen LogP contribution in [0.25, 0.3) is 0 Å². The third-order valence-corrected chi connectivity index (χ3v) is 1.61. The van der Waals surface area contributed by atoms with Crippen LogP contribution < -0.4 is 10.6 Å². The highest BCUT2D eigenvalue weighted by Crippen LogP contribution is 2.17. The number of rotatable bonds is 6. The van der Waals surface area contributed by atoms with Crippen molar-refractivity contribution in [1.29, 1.82) is 0 Å². The zero-order chi connectivity index (χ0) is 8.10. The van der Waals surface area contributed by atoms with Gasteiger partial charge in [0.05, 0.1) is 6.54 Å². The predicted octanol–water partition coefficient (Wildman–Crippen LogP) is 0.593. The van der Waals surface area contributed by atoms with Gasteiger partial charge in [-0.25, -0.2) is 8.78 Å². The van der Waals surface area contributed by atoms with Crippen molar-refractivity contribution in [2.45, 2.75) is 25.3 Å². The van der Waals surface area contributed by atoms with Crippen LogP contribution in [0.1, 0.15) is 12.8 Å². The fraction of sp³-hybridized carbons (Fsp3) is 1.00. The van der Waals surface area contributed by atoms with Crippen LogP contribution in [0.4, 0.5) is 8.78 Å². The molecule has 0 amide bonds. The van der Waals surface area contributed by atoms with Crippen molar-refractivity contribution in [1.82, 2.24) is 10.6 Å². The first-order valence-corrected chi connectivity index (χ1v) is 4.01. The fourth-order valence-corrected chi connectivity index (χ4v) is 0.863. The van der Waals surface area contributed by atoms with Crippen molar-refractivity contribution < 1.29 is 8.78 Å². The van der Waals surface area contributed by atoms with Crippen LogP contribution in [-0.2, 0) is 0 Å². The van der Waals surface area contributed by atoms with Gasteiger partial charge in [0.25, 0.3) is 6.43 Å². The maximum absolute atomic E-state index is 11.6. The van der Waals surface area contributed by atoms with Gasteiger partial charge >= 0.3 is 0 Å². The second-order valence-electron chi connectivity index (χ2n) is 2.82. The lowest BCUT2D eigenvalue weighted by atomic mass is 10.5. The number of halogens is 2. The minimum atomic E-state index is -2.23. The molecule has 0 aromatic rings. The van der Waals surface area contributed by atoms with E-state index in [0.29, 0.717) is 12.6 Å². The van der Waals surface area contributed by atoms with Crippen LogP contribution in [0, 0.1) is 0 Å². The van der Waals surface area contributed by atoms with Crippen molar-refractivity contribution >= 4 is 0 Å². The highest BCUT2D eigenvalue weighted by atomic mass is 19.3. The van der Waals surface area contributed by atoms with Crippen LogP contribution in [0.5, 0.6) is 0 Å². The van der Waals surface area contributed by atoms with E-state index in [9.17, 15) is 8.78 Å². The van der Waals surface area contributed by atoms with Gasteiger partial charge in [0, 0.05) is 19.1 Å². The van der Waals surface area contributed by atoms with E-state index in [0.717, 1.165) is 6.54 Å². The zero-order valence-corrected chi connectivity index (χ0v) is 6.45. The molecule has 1 aliphatic rings. The summed E-state index contributed by atoms with van der Waals surface area (Å²) in [5.74, 6) is 0. The molecule has 1 fully saturated rings. The minimum absolute atomic E-state index is 0.188. The van der Waals surface area contributed by atoms with Gasteiger partial charge in [0.1, 0.15) is 0 Å². The molecule has 0 bridgehead atoms. The summed E-state index contributed by atoms with van der Waals surface area (Å²) in [7, 11) is 0. The summed E-state index contributed by atoms with van der Waals surface area (Å²) in [6.45, 7) is 1.25. The molecular formula is C7H14F2N2. The first kappa shape index (κ1) is 8.87. The van der Waals surface area contributed by atoms with E-state index in [1.807, 2.05) is 0 Å². The number of alkyl halides is 2. The Morgan fingerprint density at radius 1 is 1.27 bits per heavy atom. The third kappa shape index (κ3) is 5.09. The average molecular weight is 164 g/mol. The molecule has 4 heteroatoms. The maximum atomic E-state index is 11.6. The summed E-state index contributed by atoms with van der Waals surface area (Å²) in [5, 5.41) is 5.88. The average Bonchev–Trinajstić information content (AvgIpc) is 2.70. The van der Waals surface area contributed by atoms with E-state index in [1.54, 1.807) is 0 Å². The minimum Gasteiger partial charge on any atom is -0.313 e. The molecule has 66 valence electrons. The van der Waals surface area contributed by atoms with Gasteiger partial charge < -0.3 is 10.6 Å². The second-order valence-corrected chi connectivity index (χ2v) is 2.82. The Kier molecular flexibility index (Phi) is 3.72. The Morgan fingerprint density at radius 3 is 2.55 bits per heavy atom. The van der Waals surface area contributed by atoms with Crippen molar-refractivity contribution in [2.24, 2.45) is 0 Å². The third-order valence-electron chi connectivity index (χ3n) is 1.61. The van der Waals surface area contributed by atoms with Gasteiger partial charge in [-0.15, -0.1) is 0 Å². The van der Waals surface area contributed by atoms with Gasteiger partial charge in [-0.3, -0.25) is 0 Å². The van der Waals surface area contributed by atoms with Gasteiger partial charge in [0.15, 0.2) is 0 Å². The van der Waals surface area contributed by atoms with Crippen LogP contribution in [0.2, 0.25) is 0 Å². The molecule has 0 atom stereocenters. The molecule has 11 heavy (non-hydrogen) atoms. The molecule has 2 nitrogen and oxygen atoms in total. The summed E-state index contributed by atoms with van der Waals surface area (Å²) < 4.78 is 23.1. The van der Waals surface area contributed by atoms with Crippen LogP contribution in [-0.4, -0.2) is 32.1 Å². The first-order chi connectivity index (χ1) is 5.29. The first-order valence-electron chi connectivity index (χ1n) is 4.01. The van der Waals surface area contributed by atoms with E-state index in [4.69, 9.17) is 0 Å². The van der Waals surface area contributed by atoms with Crippen LogP contribution in [0.15, 0.2) is 0 Å². The largest absolute Gasteiger partial charge is 0.313 e. The number of nitrogens with one attached hydrogen (secondary N) is 2. The van der Waals surface area contributed by atoms with Gasteiger partial charge in [-0.1, -0.05) is 0 Å². The smallest absolute Gasteiger partial charge is 0.250 e. The molecule has 1 saturated carbocycles. The number of hydrogen-bond acceptors (Lipinski definition) is 2. The summed E-state index contributed by atoms with van der Waals surface area (Å²) >= 11 is 0. The quantitative estimate of drug-likeness (QED) is 0.561. The Hall–Kier alpha value is -0.220. The van der Waals surface area contributed by atoms with Crippen LogP contribution in [0.3, 0.4) is 0 Å². The molecule has 0 saturated heterocycles. The Morgan fingerprint density at radius 2 is 2.00 bits per heavy atom. The highest BCUT2D eigenvalue weighted by molar-refractivity contribution is 4.80. The lowest BCUT2D eigenvalue weighted by molar-refractivity contribution is 0.146. The molecule has 0 aromatic heterocycles. The molecule has 2 N–H and O–H groups in total. The molecule has 0 heterocycles. The molecular weight excluding hydrogens is 150 g/mol. The van der Waals surface area contributed by atoms with E-state index >= 15 is 0 Å². The molecule has 0 spiro atoms. The topological polar surface area (TPSA) is 24.1 Å². The summed E-state index contributed by atoms with van der Waals surface area (Å²) in [4.78, 5) is 0. The number of hydrogen-bond donors (Lipinski definition) is 2. The van der Waals surface area contributed by atoms with Crippen molar-refractivity contribution in [3.8, 4) is 0 Å². The van der Waals surface area contributed by atoms with E-state index in [2.05, 4.69) is 10.6 Å². The lowest BCUT2D eigenvalue weighted by Crippen LogP contribution is -2.31. The van der Waals surface area contributed by atoms with E-state index < -0.39 is 6.43 Å². The molecule has 0 unspecified atom stereocenters. The Labute approximate surface area is 65.4 Å². The fourth-order valence-electron chi connectivity index (χ4n) is 0.863. The molecule has 1 aliphatic carbocycles. The molecule has 0 aliphatic heterocycles. The zero-order valence-electron chi connectivity index (χ0n) is 6.45. The second kappa shape index (κ2) is 4.62. The van der Waals surface area contributed by atoms with Gasteiger partial charge in [0.2, 0.25) is 0 Å². The predicted molar refractivity (Wildman–Crippen MR) is 39.9 cm³/mol. The Bertz CT molecular complexity index is 101. The van der Waals surface area contributed by atoms with Crippen molar-refractivity contribution in [3.63, 3.8) is 0 Å². The van der Waals surface area contributed by atoms with Crippen molar-refractivity contribution in [3.05, 3.63) is 0 Å². The summed E-state index contributed by atoms with van der Waals surface area (Å²) in [6, 6.07) is 0.670. The lowest BCUT2D eigenvalue weighted by Gasteiger charge is -2.03. The van der Waals surface area contributed by atoms with Gasteiger partial charge in [-0.05, 0) is 12.8 Å². The molecule has 0 aromatic carbocycles. The van der Waals surface area contributed by atoms with Crippen LogP contribution >= 0.6 is 0 Å². The molecule has 1 rings (SSSR count). The normalized spacial score (nSPS) is 17.7. The maximum Gasteiger partial charge on any atom is 0.250 e. The summed E-state index contributed by atoms with van der Waals surface area (Å²) in [5.41, 5.74) is 0. The standard InChI is InChI=1S/C7H14F2N2/c8-7(9)5-10-3-4-11-6-1-2-6/h6-7,10-11H,1-5H2. The summed E-state index contributed by atoms with van der Waals surface area (Å²) in [6.07, 6.45) is 0.264. The Balaban J connectivity index is 1.73. The van der Waals surface area contributed by atoms with Gasteiger partial charge in [-0.2, -0.15) is 0 Å². The monoisotopic (exact) mass is 164 g/mol. The SMILES string of the molecule is FC(F)CNCCNC1CC1. The van der Waals surface area contributed by atoms with E-state index in [1.165, 1.54) is 12.8 Å². The molecule has 0 radical (unpaired) electrons.